The van der Waals surface area contributed by atoms with E-state index in [2.05, 4.69) is 11.8 Å². The van der Waals surface area contributed by atoms with Crippen LogP contribution in [-0.2, 0) is 0 Å². The van der Waals surface area contributed by atoms with Crippen LogP contribution in [0.15, 0.2) is 23.1 Å². The second-order valence-corrected chi connectivity index (χ2v) is 8.75. The Morgan fingerprint density at radius 3 is 2.66 bits per heavy atom. The van der Waals surface area contributed by atoms with E-state index >= 15 is 0 Å². The number of pyridine rings is 1. The number of fused-ring (bicyclic) bond motifs is 1. The number of carbonyl (C=O) groups is 1. The summed E-state index contributed by atoms with van der Waals surface area (Å²) in [6.07, 6.45) is 2.45. The molecule has 0 amide bonds. The second kappa shape index (κ2) is 6.99. The molecule has 2 aliphatic carbocycles. The summed E-state index contributed by atoms with van der Waals surface area (Å²) in [4.78, 5) is 26.3. The molecule has 1 aromatic carbocycles. The highest BCUT2D eigenvalue weighted by Gasteiger charge is 2.44. The third-order valence-electron chi connectivity index (χ3n) is 6.41. The number of alkyl halides is 1. The van der Waals surface area contributed by atoms with E-state index in [9.17, 15) is 19.1 Å². The van der Waals surface area contributed by atoms with Crippen molar-refractivity contribution in [3.63, 3.8) is 0 Å². The number of rotatable bonds is 7. The predicted octanol–water partition coefficient (Wildman–Crippen LogP) is 3.59. The molecular weight excluding hydrogens is 397 g/mol. The van der Waals surface area contributed by atoms with Gasteiger partial charge in [0.2, 0.25) is 5.43 Å². The van der Waals surface area contributed by atoms with Gasteiger partial charge in [-0.3, -0.25) is 4.79 Å². The Balaban J connectivity index is 1.85. The van der Waals surface area contributed by atoms with Crippen LogP contribution in [0.3, 0.4) is 0 Å². The third-order valence-corrected chi connectivity index (χ3v) is 6.78. The zero-order valence-corrected chi connectivity index (χ0v) is 17.2. The first-order valence-corrected chi connectivity index (χ1v) is 10.3. The fraction of sp³-hybridized carbons (Fsp3) is 0.524. The molecule has 0 spiro atoms. The minimum Gasteiger partial charge on any atom is -0.477 e. The molecule has 1 aromatic heterocycles. The number of benzene rings is 1. The molecule has 0 saturated heterocycles. The smallest absolute Gasteiger partial charge is 0.341 e. The van der Waals surface area contributed by atoms with E-state index in [1.54, 1.807) is 12.1 Å². The Labute approximate surface area is 173 Å². The van der Waals surface area contributed by atoms with Crippen LogP contribution in [-0.4, -0.2) is 40.4 Å². The lowest BCUT2D eigenvalue weighted by molar-refractivity contribution is 0.0694. The maximum atomic E-state index is 13.9. The number of halogens is 2. The van der Waals surface area contributed by atoms with Crippen molar-refractivity contribution in [2.75, 3.05) is 18.0 Å². The molecule has 2 aromatic rings. The summed E-state index contributed by atoms with van der Waals surface area (Å²) in [5.74, 6) is -1.06. The van der Waals surface area contributed by atoms with Crippen LogP contribution < -0.4 is 16.1 Å². The molecule has 0 unspecified atom stereocenters. The van der Waals surface area contributed by atoms with Gasteiger partial charge in [0.05, 0.1) is 22.3 Å². The molecule has 0 bridgehead atoms. The number of carboxylic acid groups (broad SMARTS) is 1. The van der Waals surface area contributed by atoms with E-state index in [-0.39, 0.29) is 28.8 Å². The summed E-state index contributed by atoms with van der Waals surface area (Å²) in [5, 5.41) is 9.92. The molecule has 2 saturated carbocycles. The van der Waals surface area contributed by atoms with Gasteiger partial charge in [-0.05, 0) is 37.8 Å². The fourth-order valence-corrected chi connectivity index (χ4v) is 4.42. The van der Waals surface area contributed by atoms with Gasteiger partial charge in [-0.2, -0.15) is 0 Å². The van der Waals surface area contributed by atoms with Crippen molar-refractivity contribution in [1.29, 1.82) is 0 Å². The Bertz CT molecular complexity index is 1050. The Morgan fingerprint density at radius 2 is 2.14 bits per heavy atom. The topological polar surface area (TPSA) is 88.6 Å². The molecule has 0 radical (unpaired) electrons. The van der Waals surface area contributed by atoms with Crippen molar-refractivity contribution in [3.05, 3.63) is 39.1 Å². The van der Waals surface area contributed by atoms with Crippen molar-refractivity contribution in [2.45, 2.75) is 50.9 Å². The van der Waals surface area contributed by atoms with E-state index in [0.717, 1.165) is 18.5 Å². The van der Waals surface area contributed by atoms with E-state index < -0.39 is 23.6 Å². The average molecular weight is 422 g/mol. The number of nitrogens with zero attached hydrogens (tertiary/aromatic N) is 2. The van der Waals surface area contributed by atoms with Crippen LogP contribution in [0.2, 0.25) is 5.02 Å². The zero-order chi connectivity index (χ0) is 21.1. The number of anilines is 1. The van der Waals surface area contributed by atoms with Gasteiger partial charge in [-0.15, -0.1) is 0 Å². The SMILES string of the molecule is CCN(C[C@@H](C)C1(N)CC1)c1ccc2c(=O)c(C(=O)O)cn([C@@H]3C[C@@H]3F)c2c1Cl. The molecule has 3 N–H and O–H groups in total. The molecule has 2 fully saturated rings. The van der Waals surface area contributed by atoms with E-state index in [0.29, 0.717) is 23.6 Å². The molecule has 6 nitrogen and oxygen atoms in total. The lowest BCUT2D eigenvalue weighted by Crippen LogP contribution is -2.39. The van der Waals surface area contributed by atoms with Crippen molar-refractivity contribution >= 4 is 34.2 Å². The Kier molecular flexibility index (Phi) is 4.86. The van der Waals surface area contributed by atoms with Gasteiger partial charge >= 0.3 is 5.97 Å². The molecular formula is C21H25ClFN3O3. The van der Waals surface area contributed by atoms with Crippen molar-refractivity contribution in [3.8, 4) is 0 Å². The van der Waals surface area contributed by atoms with Crippen LogP contribution >= 0.6 is 11.6 Å². The highest BCUT2D eigenvalue weighted by molar-refractivity contribution is 6.38. The lowest BCUT2D eigenvalue weighted by Gasteiger charge is -2.31. The van der Waals surface area contributed by atoms with Crippen LogP contribution in [0.4, 0.5) is 10.1 Å². The van der Waals surface area contributed by atoms with Gasteiger partial charge in [-0.25, -0.2) is 9.18 Å². The van der Waals surface area contributed by atoms with Crippen molar-refractivity contribution in [2.24, 2.45) is 11.7 Å². The van der Waals surface area contributed by atoms with Gasteiger partial charge < -0.3 is 20.3 Å². The van der Waals surface area contributed by atoms with Gasteiger partial charge in [-0.1, -0.05) is 18.5 Å². The summed E-state index contributed by atoms with van der Waals surface area (Å²) in [5.41, 5.74) is 6.37. The van der Waals surface area contributed by atoms with Gasteiger partial charge in [0.1, 0.15) is 11.7 Å². The first-order valence-electron chi connectivity index (χ1n) is 9.96. The third kappa shape index (κ3) is 3.40. The minimum atomic E-state index is -1.33. The summed E-state index contributed by atoms with van der Waals surface area (Å²) in [6, 6.07) is 2.84. The highest BCUT2D eigenvalue weighted by atomic mass is 35.5. The molecule has 0 aliphatic heterocycles. The van der Waals surface area contributed by atoms with Crippen LogP contribution in [0.25, 0.3) is 10.9 Å². The summed E-state index contributed by atoms with van der Waals surface area (Å²) in [6.45, 7) is 5.54. The van der Waals surface area contributed by atoms with Crippen LogP contribution in [0, 0.1) is 5.92 Å². The van der Waals surface area contributed by atoms with E-state index in [4.69, 9.17) is 17.3 Å². The van der Waals surface area contributed by atoms with Crippen LogP contribution in [0.5, 0.6) is 0 Å². The Hall–Kier alpha value is -2.12. The molecule has 4 rings (SSSR count). The number of aromatic nitrogens is 1. The maximum absolute atomic E-state index is 13.9. The lowest BCUT2D eigenvalue weighted by atomic mass is 9.99. The van der Waals surface area contributed by atoms with Crippen molar-refractivity contribution in [1.82, 2.24) is 4.57 Å². The average Bonchev–Trinajstić information content (AvgIpc) is 3.59. The van der Waals surface area contributed by atoms with Gasteiger partial charge in [0.25, 0.3) is 0 Å². The van der Waals surface area contributed by atoms with Crippen molar-refractivity contribution < 1.29 is 14.3 Å². The molecule has 156 valence electrons. The maximum Gasteiger partial charge on any atom is 0.341 e. The standard InChI is InChI=1S/C21H25ClFN3O3/c1-3-25(9-11(2)21(24)6-7-21)15-5-4-12-18(17(15)22)26(16-8-14(16)23)10-13(19(12)27)20(28)29/h4-5,10-11,14,16H,3,6-9,24H2,1-2H3,(H,28,29)/t11-,14+,16-/m1/s1. The van der Waals surface area contributed by atoms with E-state index in [1.165, 1.54) is 10.8 Å². The van der Waals surface area contributed by atoms with Crippen LogP contribution in [0.1, 0.15) is 49.5 Å². The number of nitrogens with two attached hydrogens (primary N) is 1. The molecule has 2 aliphatic rings. The van der Waals surface area contributed by atoms with Gasteiger partial charge in [0, 0.05) is 36.6 Å². The second-order valence-electron chi connectivity index (χ2n) is 8.37. The fourth-order valence-electron chi connectivity index (χ4n) is 4.04. The zero-order valence-electron chi connectivity index (χ0n) is 16.5. The largest absolute Gasteiger partial charge is 0.477 e. The quantitative estimate of drug-likeness (QED) is 0.713. The molecule has 3 atom stereocenters. The normalized spacial score (nSPS) is 23.1. The number of hydrogen-bond acceptors (Lipinski definition) is 4. The van der Waals surface area contributed by atoms with E-state index in [1.807, 2.05) is 6.92 Å². The van der Waals surface area contributed by atoms with Gasteiger partial charge in [0.15, 0.2) is 0 Å². The molecule has 8 heteroatoms. The summed E-state index contributed by atoms with van der Waals surface area (Å²) < 4.78 is 15.4. The monoisotopic (exact) mass is 421 g/mol. The molecule has 1 heterocycles. The number of carboxylic acids is 1. The predicted molar refractivity (Wildman–Crippen MR) is 112 cm³/mol. The minimum absolute atomic E-state index is 0.134. The molecule has 29 heavy (non-hydrogen) atoms. The number of hydrogen-bond donors (Lipinski definition) is 2. The Morgan fingerprint density at radius 1 is 1.48 bits per heavy atom. The first-order chi connectivity index (χ1) is 13.7. The summed E-state index contributed by atoms with van der Waals surface area (Å²) >= 11 is 6.75. The number of aromatic carboxylic acids is 1. The summed E-state index contributed by atoms with van der Waals surface area (Å²) in [7, 11) is 0. The first kappa shape index (κ1) is 20.2. The highest BCUT2D eigenvalue weighted by Crippen LogP contribution is 2.44.